The van der Waals surface area contributed by atoms with Gasteiger partial charge in [-0.05, 0) is 43.5 Å². The average Bonchev–Trinajstić information content (AvgIpc) is 2.79. The number of carbonyl (C=O) groups excluding carboxylic acids is 1. The second kappa shape index (κ2) is 6.54. The van der Waals surface area contributed by atoms with Crippen LogP contribution >= 0.6 is 11.3 Å². The van der Waals surface area contributed by atoms with Crippen molar-refractivity contribution in [3.05, 3.63) is 56.8 Å². The first-order chi connectivity index (χ1) is 9.99. The molecule has 2 N–H and O–H groups in total. The molecule has 1 aromatic heterocycles. The number of carbonyl (C=O) groups is 2. The summed E-state index contributed by atoms with van der Waals surface area (Å²) in [5, 5.41) is 13.6. The molecule has 0 aliphatic rings. The Balaban J connectivity index is 1.88. The molecule has 0 aliphatic carbocycles. The minimum atomic E-state index is -0.932. The highest BCUT2D eigenvalue weighted by molar-refractivity contribution is 7.10. The number of hydrogen-bond donors (Lipinski definition) is 2. The van der Waals surface area contributed by atoms with Gasteiger partial charge in [-0.2, -0.15) is 0 Å². The van der Waals surface area contributed by atoms with Crippen LogP contribution in [0.4, 0.5) is 0 Å². The standard InChI is InChI=1S/C16H17NO3S/c1-10-11(2)21-9-14(10)15(18)17-8-7-12-3-5-13(6-4-12)16(19)20/h3-6,9H,7-8H2,1-2H3,(H,17,18)(H,19,20). The molecule has 2 rings (SSSR count). The molecule has 0 saturated heterocycles. The van der Waals surface area contributed by atoms with Crippen molar-refractivity contribution < 1.29 is 14.7 Å². The van der Waals surface area contributed by atoms with E-state index in [0.29, 0.717) is 13.0 Å². The molecular weight excluding hydrogens is 286 g/mol. The van der Waals surface area contributed by atoms with Crippen molar-refractivity contribution in [1.82, 2.24) is 5.32 Å². The largest absolute Gasteiger partial charge is 0.478 e. The van der Waals surface area contributed by atoms with E-state index in [-0.39, 0.29) is 11.5 Å². The molecule has 1 aromatic carbocycles. The van der Waals surface area contributed by atoms with E-state index in [9.17, 15) is 9.59 Å². The first-order valence-electron chi connectivity index (χ1n) is 6.64. The lowest BCUT2D eigenvalue weighted by atomic mass is 10.1. The van der Waals surface area contributed by atoms with Crippen LogP contribution in [0.15, 0.2) is 29.6 Å². The molecule has 1 amide bonds. The van der Waals surface area contributed by atoms with Crippen LogP contribution < -0.4 is 5.32 Å². The van der Waals surface area contributed by atoms with Gasteiger partial charge >= 0.3 is 5.97 Å². The fourth-order valence-corrected chi connectivity index (χ4v) is 2.83. The van der Waals surface area contributed by atoms with Crippen LogP contribution in [0, 0.1) is 13.8 Å². The van der Waals surface area contributed by atoms with E-state index in [4.69, 9.17) is 5.11 Å². The SMILES string of the molecule is Cc1scc(C(=O)NCCc2ccc(C(=O)O)cc2)c1C. The van der Waals surface area contributed by atoms with Crippen molar-refractivity contribution in [3.63, 3.8) is 0 Å². The summed E-state index contributed by atoms with van der Waals surface area (Å²) in [6.45, 7) is 4.48. The Morgan fingerprint density at radius 3 is 2.38 bits per heavy atom. The number of aryl methyl sites for hydroxylation is 1. The maximum atomic E-state index is 12.0. The van der Waals surface area contributed by atoms with Gasteiger partial charge in [0, 0.05) is 16.8 Å². The molecule has 0 aliphatic heterocycles. The maximum absolute atomic E-state index is 12.0. The topological polar surface area (TPSA) is 66.4 Å². The van der Waals surface area contributed by atoms with Gasteiger partial charge in [0.2, 0.25) is 0 Å². The first-order valence-corrected chi connectivity index (χ1v) is 7.52. The van der Waals surface area contributed by atoms with Crippen LogP contribution in [0.1, 0.15) is 36.7 Å². The highest BCUT2D eigenvalue weighted by atomic mass is 32.1. The van der Waals surface area contributed by atoms with Gasteiger partial charge in [-0.25, -0.2) is 4.79 Å². The zero-order chi connectivity index (χ0) is 15.4. The highest BCUT2D eigenvalue weighted by Crippen LogP contribution is 2.20. The minimum Gasteiger partial charge on any atom is -0.478 e. The van der Waals surface area contributed by atoms with Crippen LogP contribution in [0.25, 0.3) is 0 Å². The predicted octanol–water partition coefficient (Wildman–Crippen LogP) is 3.04. The normalized spacial score (nSPS) is 10.4. The van der Waals surface area contributed by atoms with Gasteiger partial charge in [0.15, 0.2) is 0 Å². The fourth-order valence-electron chi connectivity index (χ4n) is 1.97. The van der Waals surface area contributed by atoms with Crippen LogP contribution in [0.5, 0.6) is 0 Å². The molecule has 0 atom stereocenters. The number of carboxylic acid groups (broad SMARTS) is 1. The van der Waals surface area contributed by atoms with Gasteiger partial charge in [0.1, 0.15) is 0 Å². The number of nitrogens with one attached hydrogen (secondary N) is 1. The van der Waals surface area contributed by atoms with E-state index in [0.717, 1.165) is 21.6 Å². The van der Waals surface area contributed by atoms with E-state index in [1.54, 1.807) is 35.6 Å². The third-order valence-corrected chi connectivity index (χ3v) is 4.44. The Hall–Kier alpha value is -2.14. The molecule has 0 spiro atoms. The Labute approximate surface area is 127 Å². The summed E-state index contributed by atoms with van der Waals surface area (Å²) < 4.78 is 0. The van der Waals surface area contributed by atoms with Crippen LogP contribution in [0.2, 0.25) is 0 Å². The van der Waals surface area contributed by atoms with Gasteiger partial charge in [0.25, 0.3) is 5.91 Å². The Morgan fingerprint density at radius 1 is 1.19 bits per heavy atom. The van der Waals surface area contributed by atoms with Crippen molar-refractivity contribution in [2.24, 2.45) is 0 Å². The Morgan fingerprint density at radius 2 is 1.86 bits per heavy atom. The number of carboxylic acids is 1. The van der Waals surface area contributed by atoms with Crippen molar-refractivity contribution >= 4 is 23.2 Å². The van der Waals surface area contributed by atoms with Crippen LogP contribution in [0.3, 0.4) is 0 Å². The molecule has 110 valence electrons. The van der Waals surface area contributed by atoms with Crippen LogP contribution in [-0.2, 0) is 6.42 Å². The number of amides is 1. The van der Waals surface area contributed by atoms with E-state index >= 15 is 0 Å². The first kappa shape index (κ1) is 15.3. The van der Waals surface area contributed by atoms with Gasteiger partial charge in [0.05, 0.1) is 11.1 Å². The molecular formula is C16H17NO3S. The number of rotatable bonds is 5. The average molecular weight is 303 g/mol. The molecule has 1 heterocycles. The number of aromatic carboxylic acids is 1. The van der Waals surface area contributed by atoms with Crippen molar-refractivity contribution in [2.45, 2.75) is 20.3 Å². The van der Waals surface area contributed by atoms with E-state index in [1.807, 2.05) is 19.2 Å². The molecule has 2 aromatic rings. The summed E-state index contributed by atoms with van der Waals surface area (Å²) in [7, 11) is 0. The molecule has 0 fully saturated rings. The molecule has 4 nitrogen and oxygen atoms in total. The maximum Gasteiger partial charge on any atom is 0.335 e. The van der Waals surface area contributed by atoms with E-state index < -0.39 is 5.97 Å². The van der Waals surface area contributed by atoms with Crippen molar-refractivity contribution in [2.75, 3.05) is 6.54 Å². The Kier molecular flexibility index (Phi) is 4.75. The number of hydrogen-bond acceptors (Lipinski definition) is 3. The van der Waals surface area contributed by atoms with Crippen LogP contribution in [-0.4, -0.2) is 23.5 Å². The summed E-state index contributed by atoms with van der Waals surface area (Å²) in [6.07, 6.45) is 0.674. The van der Waals surface area contributed by atoms with Gasteiger partial charge in [-0.1, -0.05) is 12.1 Å². The highest BCUT2D eigenvalue weighted by Gasteiger charge is 2.11. The lowest BCUT2D eigenvalue weighted by Crippen LogP contribution is -2.25. The molecule has 0 bridgehead atoms. The summed E-state index contributed by atoms with van der Waals surface area (Å²) in [5.41, 5.74) is 3.03. The predicted molar refractivity (Wildman–Crippen MR) is 83.2 cm³/mol. The van der Waals surface area contributed by atoms with E-state index in [2.05, 4.69) is 5.32 Å². The Bertz CT molecular complexity index is 659. The number of benzene rings is 1. The summed E-state index contributed by atoms with van der Waals surface area (Å²) >= 11 is 1.58. The molecule has 5 heteroatoms. The van der Waals surface area contributed by atoms with Crippen molar-refractivity contribution in [1.29, 1.82) is 0 Å². The smallest absolute Gasteiger partial charge is 0.335 e. The number of thiophene rings is 1. The lowest BCUT2D eigenvalue weighted by Gasteiger charge is -2.06. The third-order valence-electron chi connectivity index (χ3n) is 3.43. The fraction of sp³-hybridized carbons (Fsp3) is 0.250. The quantitative estimate of drug-likeness (QED) is 0.892. The minimum absolute atomic E-state index is 0.0565. The molecule has 21 heavy (non-hydrogen) atoms. The van der Waals surface area contributed by atoms with Gasteiger partial charge in [-0.15, -0.1) is 11.3 Å². The lowest BCUT2D eigenvalue weighted by molar-refractivity contribution is 0.0696. The monoisotopic (exact) mass is 303 g/mol. The second-order valence-corrected chi connectivity index (χ2v) is 5.92. The third kappa shape index (κ3) is 3.70. The summed E-state index contributed by atoms with van der Waals surface area (Å²) in [4.78, 5) is 23.9. The van der Waals surface area contributed by atoms with Crippen molar-refractivity contribution in [3.8, 4) is 0 Å². The summed E-state index contributed by atoms with van der Waals surface area (Å²) in [5.74, 6) is -0.989. The van der Waals surface area contributed by atoms with Gasteiger partial charge in [-0.3, -0.25) is 4.79 Å². The zero-order valence-corrected chi connectivity index (χ0v) is 12.8. The summed E-state index contributed by atoms with van der Waals surface area (Å²) in [6, 6.07) is 6.70. The van der Waals surface area contributed by atoms with Gasteiger partial charge < -0.3 is 10.4 Å². The van der Waals surface area contributed by atoms with E-state index in [1.165, 1.54) is 0 Å². The molecule has 0 saturated carbocycles. The second-order valence-electron chi connectivity index (χ2n) is 4.84. The molecule has 0 radical (unpaired) electrons. The zero-order valence-electron chi connectivity index (χ0n) is 12.0. The molecule has 0 unspecified atom stereocenters.